The summed E-state index contributed by atoms with van der Waals surface area (Å²) >= 11 is 0. The molecule has 2 aromatic rings. The van der Waals surface area contributed by atoms with E-state index in [1.54, 1.807) is 0 Å². The van der Waals surface area contributed by atoms with Gasteiger partial charge in [0.15, 0.2) is 0 Å². The molecule has 6 heteroatoms. The van der Waals surface area contributed by atoms with E-state index >= 15 is 0 Å². The summed E-state index contributed by atoms with van der Waals surface area (Å²) in [6.45, 7) is 16.1. The lowest BCUT2D eigenvalue weighted by atomic mass is 10.0. The fourth-order valence-electron chi connectivity index (χ4n) is 6.27. The molecular formula is C44H72N2O4. The second-order valence-corrected chi connectivity index (χ2v) is 14.1. The average molecular weight is 693 g/mol. The van der Waals surface area contributed by atoms with Crippen molar-refractivity contribution in [3.05, 3.63) is 59.7 Å². The minimum absolute atomic E-state index is 0.120. The van der Waals surface area contributed by atoms with Gasteiger partial charge in [0.25, 0.3) is 0 Å². The molecule has 6 nitrogen and oxygen atoms in total. The van der Waals surface area contributed by atoms with Crippen LogP contribution in [0.4, 0.5) is 0 Å². The van der Waals surface area contributed by atoms with Crippen LogP contribution in [0.15, 0.2) is 48.5 Å². The van der Waals surface area contributed by atoms with E-state index < -0.39 is 0 Å². The number of unbranched alkanes of at least 4 members (excludes halogenated alkanes) is 10. The smallest absolute Gasteiger partial charge is 0.306 e. The SMILES string of the molecule is CCCCCCCN(CCCC)CCCC(=O)OCc1ccc(-c2ccc(COC(=O)CCCN(CCCC)CCCCCCC)cc2)cc1. The van der Waals surface area contributed by atoms with Gasteiger partial charge < -0.3 is 19.3 Å². The highest BCUT2D eigenvalue weighted by Gasteiger charge is 2.10. The zero-order chi connectivity index (χ0) is 36.1. The summed E-state index contributed by atoms with van der Waals surface area (Å²) in [6, 6.07) is 16.4. The van der Waals surface area contributed by atoms with Crippen LogP contribution in [0.1, 0.15) is 154 Å². The fraction of sp³-hybridized carbons (Fsp3) is 0.682. The zero-order valence-electron chi connectivity index (χ0n) is 32.5. The summed E-state index contributed by atoms with van der Waals surface area (Å²) < 4.78 is 11.2. The van der Waals surface area contributed by atoms with E-state index in [0.29, 0.717) is 26.1 Å². The Bertz CT molecular complexity index is 1030. The molecule has 0 heterocycles. The van der Waals surface area contributed by atoms with Crippen LogP contribution in [0.25, 0.3) is 11.1 Å². The normalized spacial score (nSPS) is 11.4. The maximum Gasteiger partial charge on any atom is 0.306 e. The van der Waals surface area contributed by atoms with Crippen LogP contribution in [0.2, 0.25) is 0 Å². The molecule has 0 amide bonds. The van der Waals surface area contributed by atoms with E-state index in [1.165, 1.54) is 89.9 Å². The molecule has 0 aliphatic heterocycles. The third-order valence-corrected chi connectivity index (χ3v) is 9.56. The number of esters is 2. The molecule has 0 spiro atoms. The highest BCUT2D eigenvalue weighted by Crippen LogP contribution is 2.21. The lowest BCUT2D eigenvalue weighted by Gasteiger charge is -2.22. The molecule has 282 valence electrons. The monoisotopic (exact) mass is 693 g/mol. The van der Waals surface area contributed by atoms with Crippen molar-refractivity contribution in [3.63, 3.8) is 0 Å². The van der Waals surface area contributed by atoms with Gasteiger partial charge in [-0.05, 0) is 100 Å². The van der Waals surface area contributed by atoms with Gasteiger partial charge in [0, 0.05) is 12.8 Å². The number of nitrogens with zero attached hydrogens (tertiary/aromatic N) is 2. The molecule has 0 radical (unpaired) electrons. The Kier molecular flexibility index (Phi) is 25.2. The Morgan fingerprint density at radius 1 is 0.420 bits per heavy atom. The summed E-state index contributed by atoms with van der Waals surface area (Å²) in [7, 11) is 0. The lowest BCUT2D eigenvalue weighted by Crippen LogP contribution is -2.27. The van der Waals surface area contributed by atoms with E-state index in [2.05, 4.69) is 61.8 Å². The minimum Gasteiger partial charge on any atom is -0.461 e. The standard InChI is InChI=1S/C44H72N2O4/c1-5-9-13-15-17-33-45(31-11-7-3)35-19-21-43(47)49-37-39-23-27-41(28-24-39)42-29-25-40(26-30-42)38-50-44(48)22-20-36-46(32-12-8-4)34-18-16-14-10-6-2/h23-30H,5-22,31-38H2,1-4H3. The topological polar surface area (TPSA) is 59.1 Å². The van der Waals surface area contributed by atoms with Gasteiger partial charge in [-0.25, -0.2) is 0 Å². The van der Waals surface area contributed by atoms with Crippen LogP contribution < -0.4 is 0 Å². The molecule has 0 aliphatic rings. The van der Waals surface area contributed by atoms with E-state index in [4.69, 9.17) is 9.47 Å². The molecule has 0 saturated carbocycles. The number of hydrogen-bond donors (Lipinski definition) is 0. The van der Waals surface area contributed by atoms with E-state index in [-0.39, 0.29) is 11.9 Å². The second kappa shape index (κ2) is 28.9. The first-order valence-corrected chi connectivity index (χ1v) is 20.4. The van der Waals surface area contributed by atoms with Crippen molar-refractivity contribution in [1.29, 1.82) is 0 Å². The predicted molar refractivity (Wildman–Crippen MR) is 210 cm³/mol. The first-order chi connectivity index (χ1) is 24.5. The van der Waals surface area contributed by atoms with Gasteiger partial charge in [-0.15, -0.1) is 0 Å². The molecule has 50 heavy (non-hydrogen) atoms. The number of hydrogen-bond acceptors (Lipinski definition) is 6. The molecule has 0 fully saturated rings. The highest BCUT2D eigenvalue weighted by atomic mass is 16.5. The molecule has 0 atom stereocenters. The average Bonchev–Trinajstić information content (AvgIpc) is 3.14. The molecule has 0 aromatic heterocycles. The van der Waals surface area contributed by atoms with Crippen LogP contribution in [-0.4, -0.2) is 61.0 Å². The van der Waals surface area contributed by atoms with Gasteiger partial charge in [-0.2, -0.15) is 0 Å². The number of rotatable bonds is 31. The quantitative estimate of drug-likeness (QED) is 0.0579. The summed E-state index contributed by atoms with van der Waals surface area (Å²) in [6.07, 6.45) is 20.4. The third-order valence-electron chi connectivity index (χ3n) is 9.56. The first-order valence-electron chi connectivity index (χ1n) is 20.4. The lowest BCUT2D eigenvalue weighted by molar-refractivity contribution is -0.146. The molecule has 2 rings (SSSR count). The van der Waals surface area contributed by atoms with Crippen molar-refractivity contribution in [2.75, 3.05) is 39.3 Å². The molecule has 0 unspecified atom stereocenters. The predicted octanol–water partition coefficient (Wildman–Crippen LogP) is 11.1. The zero-order valence-corrected chi connectivity index (χ0v) is 32.5. The van der Waals surface area contributed by atoms with Crippen LogP contribution >= 0.6 is 0 Å². The van der Waals surface area contributed by atoms with Gasteiger partial charge in [0.05, 0.1) is 0 Å². The van der Waals surface area contributed by atoms with Gasteiger partial charge in [0.2, 0.25) is 0 Å². The summed E-state index contributed by atoms with van der Waals surface area (Å²) in [5.41, 5.74) is 4.18. The van der Waals surface area contributed by atoms with Crippen molar-refractivity contribution < 1.29 is 19.1 Å². The Hall–Kier alpha value is -2.70. The molecule has 2 aromatic carbocycles. The molecular weight excluding hydrogens is 620 g/mol. The Balaban J connectivity index is 1.68. The number of carbonyl (C=O) groups excluding carboxylic acids is 2. The minimum atomic E-state index is -0.120. The molecule has 0 aliphatic carbocycles. The van der Waals surface area contributed by atoms with Crippen molar-refractivity contribution in [2.24, 2.45) is 0 Å². The molecule has 0 saturated heterocycles. The largest absolute Gasteiger partial charge is 0.461 e. The summed E-state index contributed by atoms with van der Waals surface area (Å²) in [4.78, 5) is 30.0. The van der Waals surface area contributed by atoms with Gasteiger partial charge in [0.1, 0.15) is 13.2 Å². The van der Waals surface area contributed by atoms with Crippen molar-refractivity contribution in [1.82, 2.24) is 9.80 Å². The van der Waals surface area contributed by atoms with E-state index in [1.807, 2.05) is 24.3 Å². The summed E-state index contributed by atoms with van der Waals surface area (Å²) in [5, 5.41) is 0. The second-order valence-electron chi connectivity index (χ2n) is 14.1. The van der Waals surface area contributed by atoms with Crippen molar-refractivity contribution in [3.8, 4) is 11.1 Å². The van der Waals surface area contributed by atoms with Crippen LogP contribution in [0.3, 0.4) is 0 Å². The third kappa shape index (κ3) is 20.8. The van der Waals surface area contributed by atoms with Gasteiger partial charge >= 0.3 is 11.9 Å². The Morgan fingerprint density at radius 3 is 1.10 bits per heavy atom. The van der Waals surface area contributed by atoms with Crippen molar-refractivity contribution >= 4 is 11.9 Å². The highest BCUT2D eigenvalue weighted by molar-refractivity contribution is 5.70. The fourth-order valence-corrected chi connectivity index (χ4v) is 6.27. The maximum absolute atomic E-state index is 12.5. The van der Waals surface area contributed by atoms with Crippen LogP contribution in [0, 0.1) is 0 Å². The Labute approximate surface area is 306 Å². The Morgan fingerprint density at radius 2 is 0.740 bits per heavy atom. The van der Waals surface area contributed by atoms with Crippen LogP contribution in [0.5, 0.6) is 0 Å². The van der Waals surface area contributed by atoms with E-state index in [9.17, 15) is 9.59 Å². The van der Waals surface area contributed by atoms with Gasteiger partial charge in [-0.3, -0.25) is 9.59 Å². The number of carbonyl (C=O) groups is 2. The number of benzene rings is 2. The maximum atomic E-state index is 12.5. The molecule has 0 N–H and O–H groups in total. The van der Waals surface area contributed by atoms with Gasteiger partial charge in [-0.1, -0.05) is 140 Å². The van der Waals surface area contributed by atoms with Crippen molar-refractivity contribution in [2.45, 2.75) is 156 Å². The number of ether oxygens (including phenoxy) is 2. The van der Waals surface area contributed by atoms with E-state index in [0.717, 1.165) is 74.4 Å². The van der Waals surface area contributed by atoms with Crippen LogP contribution in [-0.2, 0) is 32.3 Å². The first kappa shape index (κ1) is 43.5. The summed E-state index contributed by atoms with van der Waals surface area (Å²) in [5.74, 6) is -0.239. The molecule has 0 bridgehead atoms.